The molecule has 0 atom stereocenters. The van der Waals surface area contributed by atoms with Gasteiger partial charge in [0.15, 0.2) is 0 Å². The molecule has 1 aromatic rings. The Morgan fingerprint density at radius 2 is 1.93 bits per heavy atom. The van der Waals surface area contributed by atoms with Crippen molar-refractivity contribution in [2.45, 2.75) is 26.4 Å². The number of rotatable bonds is 2. The van der Waals surface area contributed by atoms with Crippen molar-refractivity contribution >= 4 is 11.6 Å². The van der Waals surface area contributed by atoms with Gasteiger partial charge < -0.3 is 9.84 Å². The molecule has 0 saturated carbocycles. The average Bonchev–Trinajstić information content (AvgIpc) is 2.06. The molecule has 0 aliphatic heterocycles. The number of hydrogen-bond donors (Lipinski definition) is 1. The van der Waals surface area contributed by atoms with E-state index in [-0.39, 0.29) is 0 Å². The van der Waals surface area contributed by atoms with E-state index in [0.717, 1.165) is 5.56 Å². The number of halogens is 1. The summed E-state index contributed by atoms with van der Waals surface area (Å²) in [5.41, 5.74) is 0.760. The Morgan fingerprint density at radius 1 is 1.36 bits per heavy atom. The smallest absolute Gasteiger partial charge is 0.138 e. The minimum absolute atomic E-state index is 0.477. The van der Waals surface area contributed by atoms with E-state index in [1.165, 1.54) is 0 Å². The second kappa shape index (κ2) is 3.79. The molecule has 0 heterocycles. The quantitative estimate of drug-likeness (QED) is 0.821. The second-order valence-corrected chi connectivity index (χ2v) is 4.27. The predicted octanol–water partition coefficient (Wildman–Crippen LogP) is 2.88. The zero-order valence-corrected chi connectivity index (χ0v) is 9.64. The minimum Gasteiger partial charge on any atom is -0.495 e. The summed E-state index contributed by atoms with van der Waals surface area (Å²) in [6, 6.07) is 3.71. The first-order valence-corrected chi connectivity index (χ1v) is 4.81. The van der Waals surface area contributed by atoms with E-state index < -0.39 is 5.60 Å². The molecule has 0 saturated heterocycles. The van der Waals surface area contributed by atoms with E-state index in [0.29, 0.717) is 16.3 Å². The van der Waals surface area contributed by atoms with E-state index in [4.69, 9.17) is 16.3 Å². The number of methoxy groups -OCH3 is 1. The van der Waals surface area contributed by atoms with Gasteiger partial charge in [-0.3, -0.25) is 0 Å². The zero-order valence-electron chi connectivity index (χ0n) is 8.89. The van der Waals surface area contributed by atoms with Gasteiger partial charge in [-0.1, -0.05) is 17.7 Å². The van der Waals surface area contributed by atoms with Crippen LogP contribution in [-0.4, -0.2) is 12.2 Å². The highest BCUT2D eigenvalue weighted by molar-refractivity contribution is 6.33. The van der Waals surface area contributed by atoms with E-state index in [1.54, 1.807) is 21.0 Å². The zero-order chi connectivity index (χ0) is 10.9. The van der Waals surface area contributed by atoms with Crippen LogP contribution in [0.3, 0.4) is 0 Å². The van der Waals surface area contributed by atoms with Crippen LogP contribution in [0.1, 0.15) is 25.0 Å². The standard InChI is InChI=1S/C11H15ClO2/c1-7-5-8(11(2,3)13)10(12)9(6-7)14-4/h5-6,13H,1-4H3. The number of ether oxygens (including phenoxy) is 1. The van der Waals surface area contributed by atoms with Crippen LogP contribution < -0.4 is 4.74 Å². The number of aryl methyl sites for hydroxylation is 1. The Hall–Kier alpha value is -0.730. The van der Waals surface area contributed by atoms with Crippen LogP contribution in [0.15, 0.2) is 12.1 Å². The van der Waals surface area contributed by atoms with Gasteiger partial charge in [0.25, 0.3) is 0 Å². The highest BCUT2D eigenvalue weighted by Crippen LogP contribution is 2.35. The van der Waals surface area contributed by atoms with E-state index in [9.17, 15) is 5.11 Å². The van der Waals surface area contributed by atoms with E-state index in [1.807, 2.05) is 19.1 Å². The topological polar surface area (TPSA) is 29.5 Å². The van der Waals surface area contributed by atoms with Gasteiger partial charge in [0, 0.05) is 5.56 Å². The molecule has 0 aliphatic rings. The van der Waals surface area contributed by atoms with Crippen LogP contribution in [0.4, 0.5) is 0 Å². The molecule has 0 fully saturated rings. The van der Waals surface area contributed by atoms with Crippen molar-refractivity contribution in [1.82, 2.24) is 0 Å². The Kier molecular flexibility index (Phi) is 3.07. The SMILES string of the molecule is COc1cc(C)cc(C(C)(C)O)c1Cl. The van der Waals surface area contributed by atoms with Gasteiger partial charge in [-0.05, 0) is 32.4 Å². The molecule has 0 spiro atoms. The lowest BCUT2D eigenvalue weighted by Gasteiger charge is -2.21. The van der Waals surface area contributed by atoms with Gasteiger partial charge in [-0.15, -0.1) is 0 Å². The molecular weight excluding hydrogens is 200 g/mol. The Morgan fingerprint density at radius 3 is 2.36 bits per heavy atom. The highest BCUT2D eigenvalue weighted by atomic mass is 35.5. The third kappa shape index (κ3) is 2.20. The molecule has 0 amide bonds. The molecule has 14 heavy (non-hydrogen) atoms. The monoisotopic (exact) mass is 214 g/mol. The summed E-state index contributed by atoms with van der Waals surface area (Å²) < 4.78 is 5.12. The van der Waals surface area contributed by atoms with Gasteiger partial charge in [-0.2, -0.15) is 0 Å². The third-order valence-corrected chi connectivity index (χ3v) is 2.45. The van der Waals surface area contributed by atoms with Gasteiger partial charge in [0.05, 0.1) is 17.7 Å². The molecule has 0 radical (unpaired) electrons. The summed E-state index contributed by atoms with van der Waals surface area (Å²) in [7, 11) is 1.56. The summed E-state index contributed by atoms with van der Waals surface area (Å²) in [5.74, 6) is 0.601. The first kappa shape index (κ1) is 11.3. The fourth-order valence-electron chi connectivity index (χ4n) is 1.33. The van der Waals surface area contributed by atoms with Crippen molar-refractivity contribution in [3.63, 3.8) is 0 Å². The van der Waals surface area contributed by atoms with Crippen LogP contribution in [0.25, 0.3) is 0 Å². The van der Waals surface area contributed by atoms with Crippen LogP contribution in [0, 0.1) is 6.92 Å². The second-order valence-electron chi connectivity index (χ2n) is 3.89. The lowest BCUT2D eigenvalue weighted by atomic mass is 9.96. The molecule has 0 aliphatic carbocycles. The fraction of sp³-hybridized carbons (Fsp3) is 0.455. The molecule has 0 bridgehead atoms. The average molecular weight is 215 g/mol. The van der Waals surface area contributed by atoms with Crippen molar-refractivity contribution in [2.75, 3.05) is 7.11 Å². The molecule has 1 aromatic carbocycles. The lowest BCUT2D eigenvalue weighted by Crippen LogP contribution is -2.16. The van der Waals surface area contributed by atoms with Crippen LogP contribution >= 0.6 is 11.6 Å². The van der Waals surface area contributed by atoms with Crippen LogP contribution in [0.2, 0.25) is 5.02 Å². The molecule has 0 unspecified atom stereocenters. The number of benzene rings is 1. The summed E-state index contributed by atoms with van der Waals surface area (Å²) >= 11 is 6.08. The molecule has 78 valence electrons. The Labute approximate surface area is 89.5 Å². The van der Waals surface area contributed by atoms with Gasteiger partial charge in [0.1, 0.15) is 5.75 Å². The summed E-state index contributed by atoms with van der Waals surface area (Å²) in [4.78, 5) is 0. The normalized spacial score (nSPS) is 11.6. The van der Waals surface area contributed by atoms with Crippen molar-refractivity contribution in [2.24, 2.45) is 0 Å². The number of aliphatic hydroxyl groups is 1. The van der Waals surface area contributed by atoms with E-state index >= 15 is 0 Å². The fourth-order valence-corrected chi connectivity index (χ4v) is 1.75. The molecular formula is C11H15ClO2. The third-order valence-electron chi connectivity index (χ3n) is 2.06. The Bertz CT molecular complexity index is 340. The first-order chi connectivity index (χ1) is 6.36. The molecule has 1 N–H and O–H groups in total. The minimum atomic E-state index is -0.948. The van der Waals surface area contributed by atoms with Gasteiger partial charge in [-0.25, -0.2) is 0 Å². The van der Waals surface area contributed by atoms with E-state index in [2.05, 4.69) is 0 Å². The van der Waals surface area contributed by atoms with Crippen LogP contribution in [-0.2, 0) is 5.60 Å². The molecule has 0 aromatic heterocycles. The molecule has 3 heteroatoms. The summed E-state index contributed by atoms with van der Waals surface area (Å²) in [5, 5.41) is 10.4. The Balaban J connectivity index is 3.37. The molecule has 1 rings (SSSR count). The maximum Gasteiger partial charge on any atom is 0.138 e. The molecule has 2 nitrogen and oxygen atoms in total. The van der Waals surface area contributed by atoms with Crippen molar-refractivity contribution < 1.29 is 9.84 Å². The first-order valence-electron chi connectivity index (χ1n) is 4.43. The highest BCUT2D eigenvalue weighted by Gasteiger charge is 2.22. The van der Waals surface area contributed by atoms with Gasteiger partial charge in [0.2, 0.25) is 0 Å². The largest absolute Gasteiger partial charge is 0.495 e. The maximum absolute atomic E-state index is 9.87. The summed E-state index contributed by atoms with van der Waals surface area (Å²) in [6.45, 7) is 5.34. The summed E-state index contributed by atoms with van der Waals surface area (Å²) in [6.07, 6.45) is 0. The predicted molar refractivity (Wildman–Crippen MR) is 58.0 cm³/mol. The maximum atomic E-state index is 9.87. The lowest BCUT2D eigenvalue weighted by molar-refractivity contribution is 0.0784. The van der Waals surface area contributed by atoms with Crippen LogP contribution in [0.5, 0.6) is 5.75 Å². The van der Waals surface area contributed by atoms with Crippen molar-refractivity contribution in [3.8, 4) is 5.75 Å². The number of hydrogen-bond acceptors (Lipinski definition) is 2. The van der Waals surface area contributed by atoms with Crippen molar-refractivity contribution in [1.29, 1.82) is 0 Å². The van der Waals surface area contributed by atoms with Gasteiger partial charge >= 0.3 is 0 Å². The van der Waals surface area contributed by atoms with Crippen molar-refractivity contribution in [3.05, 3.63) is 28.3 Å².